The van der Waals surface area contributed by atoms with E-state index in [-0.39, 0.29) is 11.5 Å². The quantitative estimate of drug-likeness (QED) is 0.604. The fraction of sp³-hybridized carbons (Fsp3) is 0.182. The molecule has 82 valence electrons. The summed E-state index contributed by atoms with van der Waals surface area (Å²) >= 11 is 0. The van der Waals surface area contributed by atoms with Gasteiger partial charge in [-0.2, -0.15) is 0 Å². The summed E-state index contributed by atoms with van der Waals surface area (Å²) in [6, 6.07) is 9.49. The van der Waals surface area contributed by atoms with E-state index in [0.29, 0.717) is 6.54 Å². The summed E-state index contributed by atoms with van der Waals surface area (Å²) < 4.78 is 5.99. The van der Waals surface area contributed by atoms with Gasteiger partial charge in [-0.3, -0.25) is 9.32 Å². The third-order valence-corrected chi connectivity index (χ3v) is 2.23. The maximum absolute atomic E-state index is 11.2. The first-order valence-corrected chi connectivity index (χ1v) is 4.84. The molecule has 16 heavy (non-hydrogen) atoms. The van der Waals surface area contributed by atoms with Crippen molar-refractivity contribution in [1.82, 2.24) is 5.27 Å². The van der Waals surface area contributed by atoms with Crippen molar-refractivity contribution in [3.8, 4) is 0 Å². The van der Waals surface area contributed by atoms with Crippen molar-refractivity contribution >= 4 is 5.78 Å². The van der Waals surface area contributed by atoms with E-state index in [9.17, 15) is 9.59 Å². The number of aromatic nitrogens is 2. The molecule has 0 atom stereocenters. The third kappa shape index (κ3) is 1.93. The normalized spacial score (nSPS) is 10.3. The van der Waals surface area contributed by atoms with Crippen molar-refractivity contribution in [3.63, 3.8) is 0 Å². The molecule has 5 nitrogen and oxygen atoms in total. The Morgan fingerprint density at radius 1 is 1.38 bits per heavy atom. The highest BCUT2D eigenvalue weighted by molar-refractivity contribution is 5.90. The summed E-state index contributed by atoms with van der Waals surface area (Å²) in [5, 5.41) is 2.41. The first-order valence-electron chi connectivity index (χ1n) is 4.84. The number of carbonyl (C=O) groups excluding carboxylic acids is 1. The predicted molar refractivity (Wildman–Crippen MR) is 55.1 cm³/mol. The van der Waals surface area contributed by atoms with Crippen LogP contribution in [0, 0.1) is 0 Å². The second-order valence-electron chi connectivity index (χ2n) is 3.46. The third-order valence-electron chi connectivity index (χ3n) is 2.23. The Morgan fingerprint density at radius 2 is 2.06 bits per heavy atom. The molecule has 5 heteroatoms. The molecule has 1 aromatic carbocycles. The molecule has 1 aromatic heterocycles. The molecular formula is C11H11N2O3+. The minimum atomic E-state index is -0.636. The van der Waals surface area contributed by atoms with Crippen LogP contribution in [0.3, 0.4) is 0 Å². The molecule has 2 rings (SSSR count). The number of hydrogen-bond donors (Lipinski definition) is 1. The van der Waals surface area contributed by atoms with Crippen LogP contribution in [-0.2, 0) is 6.54 Å². The standard InChI is InChI=1S/C11H10N2O3/c1-8(14)10-11(15)16-12-13(10)7-9-5-3-2-4-6-9/h2-6H,7H2,1H3/p+1. The molecule has 0 saturated carbocycles. The topological polar surface area (TPSA) is 67.0 Å². The monoisotopic (exact) mass is 219 g/mol. The smallest absolute Gasteiger partial charge is 0.287 e. The van der Waals surface area contributed by atoms with Gasteiger partial charge in [0.25, 0.3) is 0 Å². The van der Waals surface area contributed by atoms with Gasteiger partial charge in [0.05, 0.1) is 0 Å². The van der Waals surface area contributed by atoms with E-state index >= 15 is 0 Å². The van der Waals surface area contributed by atoms with Gasteiger partial charge in [0.2, 0.25) is 12.3 Å². The van der Waals surface area contributed by atoms with Gasteiger partial charge in [-0.15, -0.1) is 0 Å². The van der Waals surface area contributed by atoms with Crippen LogP contribution >= 0.6 is 0 Å². The number of carbonyl (C=O) groups is 1. The Balaban J connectivity index is 2.36. The number of benzene rings is 1. The number of nitrogens with zero attached hydrogens (tertiary/aromatic N) is 1. The van der Waals surface area contributed by atoms with Crippen molar-refractivity contribution in [3.05, 3.63) is 52.0 Å². The highest BCUT2D eigenvalue weighted by Crippen LogP contribution is 1.97. The van der Waals surface area contributed by atoms with E-state index in [1.54, 1.807) is 0 Å². The summed E-state index contributed by atoms with van der Waals surface area (Å²) in [5.74, 6) is -0.314. The Hall–Kier alpha value is -2.17. The Morgan fingerprint density at radius 3 is 2.69 bits per heavy atom. The van der Waals surface area contributed by atoms with E-state index in [2.05, 4.69) is 9.79 Å². The van der Waals surface area contributed by atoms with Crippen LogP contribution in [0.4, 0.5) is 0 Å². The molecule has 0 spiro atoms. The molecule has 0 fully saturated rings. The van der Waals surface area contributed by atoms with E-state index in [1.165, 1.54) is 11.6 Å². The molecule has 0 bridgehead atoms. The minimum absolute atomic E-state index is 0.0313. The van der Waals surface area contributed by atoms with Gasteiger partial charge in [-0.25, -0.2) is 4.79 Å². The van der Waals surface area contributed by atoms with Crippen molar-refractivity contribution in [2.24, 2.45) is 0 Å². The average Bonchev–Trinajstić information content (AvgIpc) is 2.61. The zero-order valence-electron chi connectivity index (χ0n) is 8.77. The number of hydrogen-bond acceptors (Lipinski definition) is 3. The summed E-state index contributed by atoms with van der Waals surface area (Å²) in [4.78, 5) is 22.5. The maximum atomic E-state index is 11.2. The highest BCUT2D eigenvalue weighted by atomic mass is 16.5. The SMILES string of the molecule is CC(=O)c1c(=O)o[nH][n+]1Cc1ccccc1. The summed E-state index contributed by atoms with van der Waals surface area (Å²) in [5.41, 5.74) is 0.374. The molecule has 2 aromatic rings. The van der Waals surface area contributed by atoms with Crippen LogP contribution in [0.2, 0.25) is 0 Å². The van der Waals surface area contributed by atoms with Crippen LogP contribution in [-0.4, -0.2) is 11.1 Å². The average molecular weight is 219 g/mol. The van der Waals surface area contributed by atoms with Gasteiger partial charge in [0.15, 0.2) is 0 Å². The molecule has 0 aliphatic rings. The number of aromatic amines is 1. The first kappa shape index (κ1) is 10.4. The fourth-order valence-electron chi connectivity index (χ4n) is 1.51. The van der Waals surface area contributed by atoms with Crippen LogP contribution in [0.25, 0.3) is 0 Å². The van der Waals surface area contributed by atoms with Crippen LogP contribution in [0.5, 0.6) is 0 Å². The molecule has 0 amide bonds. The van der Waals surface area contributed by atoms with Crippen molar-refractivity contribution in [2.45, 2.75) is 13.5 Å². The summed E-state index contributed by atoms with van der Waals surface area (Å²) in [6.45, 7) is 1.74. The van der Waals surface area contributed by atoms with E-state index < -0.39 is 5.63 Å². The van der Waals surface area contributed by atoms with Gasteiger partial charge < -0.3 is 0 Å². The number of ketones is 1. The maximum Gasteiger partial charge on any atom is 0.438 e. The van der Waals surface area contributed by atoms with Crippen molar-refractivity contribution in [1.29, 1.82) is 0 Å². The van der Waals surface area contributed by atoms with Gasteiger partial charge in [-0.05, 0) is 5.27 Å². The zero-order chi connectivity index (χ0) is 11.5. The molecule has 0 radical (unpaired) electrons. The molecule has 0 unspecified atom stereocenters. The Bertz CT molecular complexity index is 554. The Labute approximate surface area is 91.3 Å². The predicted octanol–water partition coefficient (Wildman–Crippen LogP) is 0.506. The van der Waals surface area contributed by atoms with Gasteiger partial charge >= 0.3 is 11.3 Å². The lowest BCUT2D eigenvalue weighted by atomic mass is 10.2. The number of H-pyrrole nitrogens is 1. The van der Waals surface area contributed by atoms with Crippen LogP contribution in [0.1, 0.15) is 23.0 Å². The minimum Gasteiger partial charge on any atom is -0.287 e. The van der Waals surface area contributed by atoms with E-state index in [1.807, 2.05) is 30.3 Å². The second kappa shape index (κ2) is 4.14. The lowest BCUT2D eigenvalue weighted by Crippen LogP contribution is -2.43. The fourth-order valence-corrected chi connectivity index (χ4v) is 1.51. The van der Waals surface area contributed by atoms with E-state index in [0.717, 1.165) is 5.56 Å². The molecular weight excluding hydrogens is 208 g/mol. The summed E-state index contributed by atoms with van der Waals surface area (Å²) in [7, 11) is 0. The van der Waals surface area contributed by atoms with Gasteiger partial charge in [0, 0.05) is 12.5 Å². The zero-order valence-corrected chi connectivity index (χ0v) is 8.77. The number of nitrogens with one attached hydrogen (secondary N) is 1. The van der Waals surface area contributed by atoms with Crippen molar-refractivity contribution < 1.29 is 14.0 Å². The lowest BCUT2D eigenvalue weighted by molar-refractivity contribution is -0.756. The van der Waals surface area contributed by atoms with E-state index in [4.69, 9.17) is 0 Å². The van der Waals surface area contributed by atoms with Crippen LogP contribution in [0.15, 0.2) is 39.6 Å². The van der Waals surface area contributed by atoms with Crippen LogP contribution < -0.4 is 10.3 Å². The lowest BCUT2D eigenvalue weighted by Gasteiger charge is -1.93. The second-order valence-corrected chi connectivity index (χ2v) is 3.46. The van der Waals surface area contributed by atoms with Gasteiger partial charge in [0.1, 0.15) is 0 Å². The molecule has 1 N–H and O–H groups in total. The molecule has 0 aliphatic carbocycles. The highest BCUT2D eigenvalue weighted by Gasteiger charge is 2.25. The number of Topliss-reactive ketones (excluding diaryl/α,β-unsaturated/α-hetero) is 1. The molecule has 1 heterocycles. The van der Waals surface area contributed by atoms with Gasteiger partial charge in [-0.1, -0.05) is 35.0 Å². The molecule has 0 aliphatic heterocycles. The first-order chi connectivity index (χ1) is 7.68. The van der Waals surface area contributed by atoms with Crippen molar-refractivity contribution in [2.75, 3.05) is 0 Å². The number of rotatable bonds is 3. The Kier molecular flexibility index (Phi) is 2.68. The molecule has 0 saturated heterocycles. The summed E-state index contributed by atoms with van der Waals surface area (Å²) in [6.07, 6.45) is 0. The largest absolute Gasteiger partial charge is 0.438 e.